The van der Waals surface area contributed by atoms with Gasteiger partial charge in [0.05, 0.1) is 35.3 Å². The largest absolute Gasteiger partial charge is 0.493 e. The molecule has 8 heteroatoms. The zero-order valence-corrected chi connectivity index (χ0v) is 16.8. The number of amides is 1. The molecule has 1 atom stereocenters. The van der Waals surface area contributed by atoms with Gasteiger partial charge in [-0.25, -0.2) is 4.79 Å². The van der Waals surface area contributed by atoms with Gasteiger partial charge in [-0.05, 0) is 59.6 Å². The third-order valence-corrected chi connectivity index (χ3v) is 4.76. The van der Waals surface area contributed by atoms with E-state index in [-0.39, 0.29) is 17.6 Å². The molecule has 0 aliphatic heterocycles. The summed E-state index contributed by atoms with van der Waals surface area (Å²) in [5, 5.41) is 2.96. The van der Waals surface area contributed by atoms with E-state index in [9.17, 15) is 9.59 Å². The molecule has 7 nitrogen and oxygen atoms in total. The molecule has 3 rings (SSSR count). The van der Waals surface area contributed by atoms with Crippen molar-refractivity contribution in [3.63, 3.8) is 0 Å². The van der Waals surface area contributed by atoms with Crippen LogP contribution in [0, 0.1) is 0 Å². The van der Waals surface area contributed by atoms with E-state index < -0.39 is 0 Å². The van der Waals surface area contributed by atoms with Crippen molar-refractivity contribution in [1.82, 2.24) is 15.3 Å². The summed E-state index contributed by atoms with van der Waals surface area (Å²) in [5.41, 5.74) is 2.49. The highest BCUT2D eigenvalue weighted by atomic mass is 79.9. The fraction of sp³-hybridized carbons (Fsp3) is 0.263. The van der Waals surface area contributed by atoms with Crippen molar-refractivity contribution in [3.8, 4) is 11.5 Å². The van der Waals surface area contributed by atoms with Crippen molar-refractivity contribution in [2.75, 3.05) is 13.7 Å². The molecule has 0 radical (unpaired) electrons. The first kappa shape index (κ1) is 19.0. The Kier molecular flexibility index (Phi) is 5.55. The van der Waals surface area contributed by atoms with Crippen LogP contribution in [0.1, 0.15) is 35.8 Å². The van der Waals surface area contributed by atoms with E-state index in [1.807, 2.05) is 32.0 Å². The summed E-state index contributed by atoms with van der Waals surface area (Å²) in [4.78, 5) is 29.5. The lowest BCUT2D eigenvalue weighted by Gasteiger charge is -2.16. The Morgan fingerprint density at radius 2 is 1.96 bits per heavy atom. The molecule has 0 aliphatic rings. The number of nitrogens with one attached hydrogen (secondary N) is 3. The molecule has 0 fully saturated rings. The highest BCUT2D eigenvalue weighted by Gasteiger charge is 2.17. The molecule has 0 aliphatic carbocycles. The second kappa shape index (κ2) is 7.87. The van der Waals surface area contributed by atoms with E-state index >= 15 is 0 Å². The average molecular weight is 434 g/mol. The first-order chi connectivity index (χ1) is 12.9. The van der Waals surface area contributed by atoms with Crippen LogP contribution in [0.5, 0.6) is 11.5 Å². The molecule has 0 spiro atoms. The Labute approximate surface area is 164 Å². The van der Waals surface area contributed by atoms with E-state index in [2.05, 4.69) is 31.2 Å². The normalized spacial score (nSPS) is 12.0. The Bertz CT molecular complexity index is 1040. The van der Waals surface area contributed by atoms with Crippen LogP contribution < -0.4 is 20.5 Å². The summed E-state index contributed by atoms with van der Waals surface area (Å²) in [6.07, 6.45) is 0. The number of hydrogen-bond acceptors (Lipinski definition) is 4. The minimum Gasteiger partial charge on any atom is -0.493 e. The van der Waals surface area contributed by atoms with Gasteiger partial charge in [0.1, 0.15) is 0 Å². The molecule has 2 aromatic carbocycles. The van der Waals surface area contributed by atoms with E-state index in [0.29, 0.717) is 33.7 Å². The van der Waals surface area contributed by atoms with E-state index in [1.165, 1.54) is 7.11 Å². The summed E-state index contributed by atoms with van der Waals surface area (Å²) < 4.78 is 11.5. The van der Waals surface area contributed by atoms with Crippen LogP contribution in [0.15, 0.2) is 39.6 Å². The van der Waals surface area contributed by atoms with Crippen LogP contribution in [0.4, 0.5) is 0 Å². The lowest BCUT2D eigenvalue weighted by molar-refractivity contribution is 0.0939. The van der Waals surface area contributed by atoms with Gasteiger partial charge in [0.15, 0.2) is 11.5 Å². The topological polar surface area (TPSA) is 96.2 Å². The zero-order chi connectivity index (χ0) is 19.6. The summed E-state index contributed by atoms with van der Waals surface area (Å²) >= 11 is 3.43. The predicted molar refractivity (Wildman–Crippen MR) is 107 cm³/mol. The number of rotatable bonds is 6. The maximum absolute atomic E-state index is 12.7. The number of aromatic nitrogens is 2. The lowest BCUT2D eigenvalue weighted by atomic mass is 10.1. The molecule has 1 amide bonds. The molecule has 0 saturated heterocycles. The molecule has 1 unspecified atom stereocenters. The molecule has 1 heterocycles. The Morgan fingerprint density at radius 1 is 1.22 bits per heavy atom. The number of halogens is 1. The second-order valence-corrected chi connectivity index (χ2v) is 6.86. The highest BCUT2D eigenvalue weighted by Crippen LogP contribution is 2.36. The lowest BCUT2D eigenvalue weighted by Crippen LogP contribution is -2.26. The second-order valence-electron chi connectivity index (χ2n) is 6.00. The Morgan fingerprint density at radius 3 is 2.67 bits per heavy atom. The molecule has 0 saturated carbocycles. The van der Waals surface area contributed by atoms with Crippen LogP contribution in [0.3, 0.4) is 0 Å². The minimum absolute atomic E-state index is 0.243. The van der Waals surface area contributed by atoms with Gasteiger partial charge in [0.25, 0.3) is 5.91 Å². The van der Waals surface area contributed by atoms with Crippen molar-refractivity contribution < 1.29 is 14.3 Å². The molecule has 0 bridgehead atoms. The summed E-state index contributed by atoms with van der Waals surface area (Å²) in [7, 11) is 1.53. The van der Waals surface area contributed by atoms with Crippen LogP contribution in [-0.4, -0.2) is 29.6 Å². The van der Waals surface area contributed by atoms with Crippen molar-refractivity contribution in [3.05, 3.63) is 56.4 Å². The molecule has 142 valence electrons. The van der Waals surface area contributed by atoms with Gasteiger partial charge in [0, 0.05) is 5.56 Å². The first-order valence-electron chi connectivity index (χ1n) is 8.46. The smallest absolute Gasteiger partial charge is 0.323 e. The van der Waals surface area contributed by atoms with Crippen LogP contribution in [-0.2, 0) is 0 Å². The van der Waals surface area contributed by atoms with Crippen molar-refractivity contribution in [1.29, 1.82) is 0 Å². The molecule has 27 heavy (non-hydrogen) atoms. The number of aromatic amines is 2. The predicted octanol–water partition coefficient (Wildman–Crippen LogP) is 3.52. The van der Waals surface area contributed by atoms with Crippen molar-refractivity contribution in [2.24, 2.45) is 0 Å². The molecular formula is C19H20BrN3O4. The third kappa shape index (κ3) is 4.00. The van der Waals surface area contributed by atoms with Gasteiger partial charge in [-0.2, -0.15) is 0 Å². The quantitative estimate of drug-likeness (QED) is 0.553. The molecular weight excluding hydrogens is 414 g/mol. The monoisotopic (exact) mass is 433 g/mol. The van der Waals surface area contributed by atoms with E-state index in [0.717, 1.165) is 11.1 Å². The van der Waals surface area contributed by atoms with Gasteiger partial charge >= 0.3 is 5.69 Å². The summed E-state index contributed by atoms with van der Waals surface area (Å²) in [5.74, 6) is 0.800. The number of benzene rings is 2. The zero-order valence-electron chi connectivity index (χ0n) is 15.2. The van der Waals surface area contributed by atoms with Gasteiger partial charge in [-0.15, -0.1) is 0 Å². The van der Waals surface area contributed by atoms with Gasteiger partial charge in [0.2, 0.25) is 0 Å². The molecule has 1 aromatic heterocycles. The highest BCUT2D eigenvalue weighted by molar-refractivity contribution is 9.10. The van der Waals surface area contributed by atoms with Crippen molar-refractivity contribution >= 4 is 32.9 Å². The number of hydrogen-bond donors (Lipinski definition) is 3. The fourth-order valence-corrected chi connectivity index (χ4v) is 3.37. The van der Waals surface area contributed by atoms with Crippen LogP contribution >= 0.6 is 15.9 Å². The molecule has 3 N–H and O–H groups in total. The van der Waals surface area contributed by atoms with Crippen LogP contribution in [0.25, 0.3) is 11.0 Å². The number of H-pyrrole nitrogens is 2. The maximum atomic E-state index is 12.7. The summed E-state index contributed by atoms with van der Waals surface area (Å²) in [6, 6.07) is 8.60. The maximum Gasteiger partial charge on any atom is 0.323 e. The van der Waals surface area contributed by atoms with E-state index in [4.69, 9.17) is 9.47 Å². The van der Waals surface area contributed by atoms with Gasteiger partial charge < -0.3 is 24.8 Å². The number of ether oxygens (including phenoxy) is 2. The Hall–Kier alpha value is -2.74. The van der Waals surface area contributed by atoms with E-state index in [1.54, 1.807) is 12.1 Å². The SMILES string of the molecule is CCOc1c(Br)cc(C(=O)NC(C)c2ccc3[nH]c(=O)[nH]c3c2)cc1OC. The number of fused-ring (bicyclic) bond motifs is 1. The number of carbonyl (C=O) groups is 1. The number of carbonyl (C=O) groups excluding carboxylic acids is 1. The third-order valence-electron chi connectivity index (χ3n) is 4.17. The Balaban J connectivity index is 1.83. The summed E-state index contributed by atoms with van der Waals surface area (Å²) in [6.45, 7) is 4.24. The first-order valence-corrected chi connectivity index (χ1v) is 9.25. The molecule has 3 aromatic rings. The van der Waals surface area contributed by atoms with Gasteiger partial charge in [-0.3, -0.25) is 4.79 Å². The number of imidazole rings is 1. The number of methoxy groups -OCH3 is 1. The van der Waals surface area contributed by atoms with Crippen molar-refractivity contribution in [2.45, 2.75) is 19.9 Å². The fourth-order valence-electron chi connectivity index (χ4n) is 2.82. The van der Waals surface area contributed by atoms with Crippen LogP contribution in [0.2, 0.25) is 0 Å². The minimum atomic E-state index is -0.259. The van der Waals surface area contributed by atoms with Gasteiger partial charge in [-0.1, -0.05) is 6.07 Å². The average Bonchev–Trinajstić information content (AvgIpc) is 3.02. The standard InChI is InChI=1S/C19H20BrN3O4/c1-4-27-17-13(20)7-12(9-16(17)26-3)18(24)21-10(2)11-5-6-14-15(8-11)23-19(25)22-14/h5-10H,4H2,1-3H3,(H,21,24)(H2,22,23,25).